The smallest absolute Gasteiger partial charge is 0.270 e. The summed E-state index contributed by atoms with van der Waals surface area (Å²) in [6.07, 6.45) is 0. The maximum Gasteiger partial charge on any atom is 0.270 e. The van der Waals surface area contributed by atoms with Gasteiger partial charge in [-0.3, -0.25) is 4.79 Å². The number of hydrogen-bond donors (Lipinski definition) is 2. The summed E-state index contributed by atoms with van der Waals surface area (Å²) in [5, 5.41) is 9.14. The minimum absolute atomic E-state index is 0.0518. The first-order valence-corrected chi connectivity index (χ1v) is 8.77. The highest BCUT2D eigenvalue weighted by Gasteiger charge is 2.17. The van der Waals surface area contributed by atoms with Gasteiger partial charge in [-0.15, -0.1) is 0 Å². The molecule has 0 spiro atoms. The SMILES string of the molecule is CC.Cc1nc(-c2cc(Oc3ccc(O)cc3)c(C)cc2F)c(Cl)c(=O)[nH]1. The number of nitrogens with one attached hydrogen (secondary N) is 1. The highest BCUT2D eigenvalue weighted by atomic mass is 35.5. The van der Waals surface area contributed by atoms with Crippen molar-refractivity contribution in [2.45, 2.75) is 27.7 Å². The lowest BCUT2D eigenvalue weighted by Crippen LogP contribution is -2.12. The summed E-state index contributed by atoms with van der Waals surface area (Å²) in [6, 6.07) is 8.87. The fourth-order valence-electron chi connectivity index (χ4n) is 2.34. The van der Waals surface area contributed by atoms with Crippen molar-refractivity contribution in [1.82, 2.24) is 9.97 Å². The molecule has 2 aromatic carbocycles. The lowest BCUT2D eigenvalue weighted by Gasteiger charge is -2.12. The number of phenols is 1. The number of hydrogen-bond acceptors (Lipinski definition) is 4. The Hall–Kier alpha value is -2.86. The number of aromatic hydroxyl groups is 1. The Balaban J connectivity index is 0.00000126. The lowest BCUT2D eigenvalue weighted by molar-refractivity contribution is 0.462. The summed E-state index contributed by atoms with van der Waals surface area (Å²) in [6.45, 7) is 7.28. The van der Waals surface area contributed by atoms with Crippen LogP contribution >= 0.6 is 11.6 Å². The molecule has 0 saturated carbocycles. The van der Waals surface area contributed by atoms with Crippen molar-refractivity contribution >= 4 is 11.6 Å². The van der Waals surface area contributed by atoms with Crippen molar-refractivity contribution in [3.05, 3.63) is 69.0 Å². The van der Waals surface area contributed by atoms with Gasteiger partial charge >= 0.3 is 0 Å². The molecule has 0 fully saturated rings. The molecule has 0 amide bonds. The Morgan fingerprint density at radius 3 is 2.41 bits per heavy atom. The number of aryl methyl sites for hydroxylation is 2. The predicted molar refractivity (Wildman–Crippen MR) is 104 cm³/mol. The third-order valence-corrected chi connectivity index (χ3v) is 3.92. The van der Waals surface area contributed by atoms with Gasteiger partial charge in [0.1, 0.15) is 33.9 Å². The van der Waals surface area contributed by atoms with E-state index in [1.807, 2.05) is 13.8 Å². The summed E-state index contributed by atoms with van der Waals surface area (Å²) in [7, 11) is 0. The second-order valence-corrected chi connectivity index (χ2v) is 5.89. The normalized spacial score (nSPS) is 10.1. The molecule has 3 aromatic rings. The highest BCUT2D eigenvalue weighted by Crippen LogP contribution is 2.34. The van der Waals surface area contributed by atoms with Crippen molar-refractivity contribution in [1.29, 1.82) is 0 Å². The summed E-state index contributed by atoms with van der Waals surface area (Å²) in [4.78, 5) is 18.4. The van der Waals surface area contributed by atoms with E-state index in [0.717, 1.165) is 0 Å². The fourth-order valence-corrected chi connectivity index (χ4v) is 2.53. The van der Waals surface area contributed by atoms with Gasteiger partial charge in [0.2, 0.25) is 0 Å². The monoisotopic (exact) mass is 390 g/mol. The Morgan fingerprint density at radius 2 is 1.78 bits per heavy atom. The summed E-state index contributed by atoms with van der Waals surface area (Å²) in [5.41, 5.74) is 0.145. The third kappa shape index (κ3) is 4.65. The highest BCUT2D eigenvalue weighted by molar-refractivity contribution is 6.32. The molecular weight excluding hydrogens is 371 g/mol. The minimum Gasteiger partial charge on any atom is -0.508 e. The van der Waals surface area contributed by atoms with Crippen LogP contribution in [-0.2, 0) is 0 Å². The van der Waals surface area contributed by atoms with Crippen LogP contribution in [0.25, 0.3) is 11.3 Å². The molecular formula is C20H20ClFN2O3. The Bertz CT molecular complexity index is 1000. The van der Waals surface area contributed by atoms with Gasteiger partial charge < -0.3 is 14.8 Å². The Morgan fingerprint density at radius 1 is 1.15 bits per heavy atom. The molecule has 0 aliphatic heterocycles. The molecule has 1 aromatic heterocycles. The average Bonchev–Trinajstić information content (AvgIpc) is 2.64. The van der Waals surface area contributed by atoms with Gasteiger partial charge in [0.05, 0.1) is 5.69 Å². The van der Waals surface area contributed by atoms with Gasteiger partial charge in [0, 0.05) is 5.56 Å². The molecule has 0 bridgehead atoms. The van der Waals surface area contributed by atoms with E-state index in [9.17, 15) is 14.3 Å². The second-order valence-electron chi connectivity index (χ2n) is 5.51. The molecule has 3 rings (SSSR count). The number of halogens is 2. The topological polar surface area (TPSA) is 75.2 Å². The van der Waals surface area contributed by atoms with E-state index in [0.29, 0.717) is 22.9 Å². The van der Waals surface area contributed by atoms with Crippen LogP contribution in [0.5, 0.6) is 17.2 Å². The van der Waals surface area contributed by atoms with E-state index < -0.39 is 11.4 Å². The molecule has 27 heavy (non-hydrogen) atoms. The number of aromatic amines is 1. The maximum absolute atomic E-state index is 14.5. The van der Waals surface area contributed by atoms with Crippen molar-refractivity contribution in [2.24, 2.45) is 0 Å². The first-order valence-electron chi connectivity index (χ1n) is 8.39. The standard InChI is InChI=1S/C18H14ClFN2O3.C2H6/c1-9-7-14(20)13(17-16(19)18(24)22-10(2)21-17)8-15(9)25-12-5-3-11(23)4-6-12;1-2/h3-8,23H,1-2H3,(H,21,22,24);1-2H3. The van der Waals surface area contributed by atoms with E-state index in [4.69, 9.17) is 16.3 Å². The van der Waals surface area contributed by atoms with Gasteiger partial charge in [-0.1, -0.05) is 25.4 Å². The van der Waals surface area contributed by atoms with Gasteiger partial charge in [-0.2, -0.15) is 0 Å². The zero-order valence-corrected chi connectivity index (χ0v) is 16.2. The van der Waals surface area contributed by atoms with Crippen molar-refractivity contribution in [3.63, 3.8) is 0 Å². The van der Waals surface area contributed by atoms with Crippen LogP contribution in [0.15, 0.2) is 41.2 Å². The van der Waals surface area contributed by atoms with Crippen LogP contribution in [-0.4, -0.2) is 15.1 Å². The number of phenolic OH excluding ortho intramolecular Hbond substituents is 1. The number of H-pyrrole nitrogens is 1. The molecule has 0 aliphatic carbocycles. The third-order valence-electron chi connectivity index (χ3n) is 3.57. The Labute approximate surface area is 161 Å². The van der Waals surface area contributed by atoms with E-state index in [2.05, 4.69) is 9.97 Å². The van der Waals surface area contributed by atoms with Crippen molar-refractivity contribution in [2.75, 3.05) is 0 Å². The van der Waals surface area contributed by atoms with E-state index in [1.54, 1.807) is 26.0 Å². The average molecular weight is 391 g/mol. The van der Waals surface area contributed by atoms with Crippen molar-refractivity contribution in [3.8, 4) is 28.5 Å². The van der Waals surface area contributed by atoms with E-state index in [-0.39, 0.29) is 22.0 Å². The molecule has 142 valence electrons. The molecule has 0 unspecified atom stereocenters. The zero-order valence-electron chi connectivity index (χ0n) is 15.4. The number of nitrogens with zero attached hydrogens (tertiary/aromatic N) is 1. The van der Waals surface area contributed by atoms with Gasteiger partial charge in [-0.25, -0.2) is 9.37 Å². The lowest BCUT2D eigenvalue weighted by atomic mass is 10.1. The molecule has 0 atom stereocenters. The Kier molecular flexibility index (Phi) is 6.58. The van der Waals surface area contributed by atoms with Gasteiger partial charge in [-0.05, 0) is 55.8 Å². The molecule has 0 radical (unpaired) electrons. The van der Waals surface area contributed by atoms with Gasteiger partial charge in [0.25, 0.3) is 5.56 Å². The quantitative estimate of drug-likeness (QED) is 0.630. The molecule has 5 nitrogen and oxygen atoms in total. The number of benzene rings is 2. The number of ether oxygens (including phenoxy) is 1. The first-order chi connectivity index (χ1) is 12.8. The fraction of sp³-hybridized carbons (Fsp3) is 0.200. The largest absolute Gasteiger partial charge is 0.508 e. The zero-order chi connectivity index (χ0) is 20.1. The van der Waals surface area contributed by atoms with Crippen LogP contribution in [0, 0.1) is 19.7 Å². The van der Waals surface area contributed by atoms with Crippen LogP contribution in [0.2, 0.25) is 5.02 Å². The molecule has 0 saturated heterocycles. The van der Waals surface area contributed by atoms with Gasteiger partial charge in [0.15, 0.2) is 0 Å². The second kappa shape index (κ2) is 8.68. The first kappa shape index (κ1) is 20.5. The number of aromatic nitrogens is 2. The van der Waals surface area contributed by atoms with E-state index in [1.165, 1.54) is 24.3 Å². The van der Waals surface area contributed by atoms with Crippen LogP contribution in [0.4, 0.5) is 4.39 Å². The van der Waals surface area contributed by atoms with Crippen LogP contribution < -0.4 is 10.3 Å². The summed E-state index contributed by atoms with van der Waals surface area (Å²) < 4.78 is 20.2. The summed E-state index contributed by atoms with van der Waals surface area (Å²) in [5.74, 6) is 0.733. The molecule has 0 aliphatic rings. The van der Waals surface area contributed by atoms with Crippen molar-refractivity contribution < 1.29 is 14.2 Å². The minimum atomic E-state index is -0.560. The van der Waals surface area contributed by atoms with Crippen LogP contribution in [0.1, 0.15) is 25.2 Å². The molecule has 1 heterocycles. The van der Waals surface area contributed by atoms with Crippen LogP contribution in [0.3, 0.4) is 0 Å². The maximum atomic E-state index is 14.5. The molecule has 7 heteroatoms. The summed E-state index contributed by atoms with van der Waals surface area (Å²) >= 11 is 6.00. The van der Waals surface area contributed by atoms with E-state index >= 15 is 0 Å². The number of rotatable bonds is 3. The molecule has 2 N–H and O–H groups in total. The predicted octanol–water partition coefficient (Wildman–Crippen LogP) is 5.37.